The number of alkyl halides is 3. The first-order valence-electron chi connectivity index (χ1n) is 5.85. The van der Waals surface area contributed by atoms with Crippen molar-refractivity contribution in [2.45, 2.75) is 12.6 Å². The van der Waals surface area contributed by atoms with Crippen LogP contribution in [0.25, 0.3) is 0 Å². The van der Waals surface area contributed by atoms with E-state index >= 15 is 0 Å². The largest absolute Gasteiger partial charge is 0.469 e. The third kappa shape index (κ3) is 5.67. The second-order valence-electron chi connectivity index (χ2n) is 4.10. The number of esters is 1. The molecule has 0 atom stereocenters. The third-order valence-electron chi connectivity index (χ3n) is 2.47. The van der Waals surface area contributed by atoms with E-state index < -0.39 is 36.7 Å². The molecule has 0 saturated heterocycles. The van der Waals surface area contributed by atoms with E-state index in [4.69, 9.17) is 0 Å². The van der Waals surface area contributed by atoms with Crippen LogP contribution >= 0.6 is 0 Å². The van der Waals surface area contributed by atoms with Gasteiger partial charge < -0.3 is 14.6 Å². The Morgan fingerprint density at radius 1 is 1.33 bits per heavy atom. The molecular weight excluding hydrogens is 293 g/mol. The van der Waals surface area contributed by atoms with Crippen molar-refractivity contribution in [3.8, 4) is 0 Å². The molecule has 0 radical (unpaired) electrons. The highest BCUT2D eigenvalue weighted by Crippen LogP contribution is 2.18. The second kappa shape index (κ2) is 6.91. The van der Waals surface area contributed by atoms with Crippen LogP contribution in [-0.2, 0) is 9.53 Å². The SMILES string of the molecule is COC(=O)CCN(CC(F)(F)F)C(=O)c1cccc(=O)[nH]1. The molecule has 1 rings (SSSR count). The molecule has 116 valence electrons. The van der Waals surface area contributed by atoms with Crippen molar-refractivity contribution in [1.82, 2.24) is 9.88 Å². The van der Waals surface area contributed by atoms with Crippen molar-refractivity contribution in [2.24, 2.45) is 0 Å². The molecule has 1 heterocycles. The van der Waals surface area contributed by atoms with Gasteiger partial charge in [0.25, 0.3) is 5.91 Å². The number of hydrogen-bond acceptors (Lipinski definition) is 4. The lowest BCUT2D eigenvalue weighted by molar-refractivity contribution is -0.147. The topological polar surface area (TPSA) is 79.5 Å². The number of carbonyl (C=O) groups excluding carboxylic acids is 2. The quantitative estimate of drug-likeness (QED) is 0.821. The number of aromatic nitrogens is 1. The summed E-state index contributed by atoms with van der Waals surface area (Å²) in [5, 5.41) is 0. The Hall–Kier alpha value is -2.32. The number of nitrogens with one attached hydrogen (secondary N) is 1. The first kappa shape index (κ1) is 16.7. The standard InChI is InChI=1S/C12H13F3N2O4/c1-21-10(19)5-6-17(7-12(13,14)15)11(20)8-3-2-4-9(18)16-8/h2-4H,5-7H2,1H3,(H,16,18). The average molecular weight is 306 g/mol. The van der Waals surface area contributed by atoms with Gasteiger partial charge in [-0.1, -0.05) is 6.07 Å². The van der Waals surface area contributed by atoms with Gasteiger partial charge in [0.1, 0.15) is 12.2 Å². The predicted octanol–water partition coefficient (Wildman–Crippen LogP) is 0.942. The van der Waals surface area contributed by atoms with Crippen LogP contribution < -0.4 is 5.56 Å². The number of halogens is 3. The van der Waals surface area contributed by atoms with Crippen LogP contribution in [0.3, 0.4) is 0 Å². The molecule has 0 unspecified atom stereocenters. The van der Waals surface area contributed by atoms with Gasteiger partial charge >= 0.3 is 12.1 Å². The van der Waals surface area contributed by atoms with E-state index in [1.165, 1.54) is 12.1 Å². The van der Waals surface area contributed by atoms with Gasteiger partial charge in [0.15, 0.2) is 0 Å². The normalized spacial score (nSPS) is 11.0. The number of ether oxygens (including phenoxy) is 1. The highest BCUT2D eigenvalue weighted by molar-refractivity contribution is 5.92. The van der Waals surface area contributed by atoms with Gasteiger partial charge in [-0.2, -0.15) is 13.2 Å². The lowest BCUT2D eigenvalue weighted by Crippen LogP contribution is -2.41. The summed E-state index contributed by atoms with van der Waals surface area (Å²) < 4.78 is 41.8. The molecule has 0 aliphatic rings. The Balaban J connectivity index is 2.91. The summed E-state index contributed by atoms with van der Waals surface area (Å²) >= 11 is 0. The highest BCUT2D eigenvalue weighted by atomic mass is 19.4. The fraction of sp³-hybridized carbons (Fsp3) is 0.417. The lowest BCUT2D eigenvalue weighted by Gasteiger charge is -2.23. The number of aromatic amines is 1. The van der Waals surface area contributed by atoms with Crippen molar-refractivity contribution in [1.29, 1.82) is 0 Å². The number of carbonyl (C=O) groups is 2. The maximum absolute atomic E-state index is 12.5. The molecule has 6 nitrogen and oxygen atoms in total. The number of methoxy groups -OCH3 is 1. The maximum atomic E-state index is 12.5. The average Bonchev–Trinajstić information content (AvgIpc) is 2.41. The number of hydrogen-bond donors (Lipinski definition) is 1. The fourth-order valence-electron chi connectivity index (χ4n) is 1.54. The molecule has 0 spiro atoms. The van der Waals surface area contributed by atoms with Gasteiger partial charge in [-0.25, -0.2) is 0 Å². The Morgan fingerprint density at radius 2 is 2.00 bits per heavy atom. The summed E-state index contributed by atoms with van der Waals surface area (Å²) in [7, 11) is 1.09. The van der Waals surface area contributed by atoms with Crippen LogP contribution in [0.1, 0.15) is 16.9 Å². The van der Waals surface area contributed by atoms with Gasteiger partial charge in [0, 0.05) is 12.6 Å². The summed E-state index contributed by atoms with van der Waals surface area (Å²) in [5.74, 6) is -1.76. The minimum Gasteiger partial charge on any atom is -0.469 e. The summed E-state index contributed by atoms with van der Waals surface area (Å²) in [6.45, 7) is -2.00. The van der Waals surface area contributed by atoms with Crippen molar-refractivity contribution in [3.63, 3.8) is 0 Å². The van der Waals surface area contributed by atoms with Gasteiger partial charge in [-0.05, 0) is 6.07 Å². The molecule has 0 aliphatic carbocycles. The molecule has 0 bridgehead atoms. The second-order valence-corrected chi connectivity index (χ2v) is 4.10. The van der Waals surface area contributed by atoms with Crippen LogP contribution in [0.4, 0.5) is 13.2 Å². The van der Waals surface area contributed by atoms with E-state index in [0.717, 1.165) is 13.2 Å². The van der Waals surface area contributed by atoms with Crippen LogP contribution in [0.5, 0.6) is 0 Å². The number of rotatable bonds is 5. The smallest absolute Gasteiger partial charge is 0.406 e. The monoisotopic (exact) mass is 306 g/mol. The molecular formula is C12H13F3N2O4. The lowest BCUT2D eigenvalue weighted by atomic mass is 10.3. The van der Waals surface area contributed by atoms with E-state index in [-0.39, 0.29) is 12.1 Å². The van der Waals surface area contributed by atoms with Crippen LogP contribution in [-0.4, -0.2) is 48.1 Å². The predicted molar refractivity (Wildman–Crippen MR) is 65.7 cm³/mol. The summed E-state index contributed by atoms with van der Waals surface area (Å²) in [5.41, 5.74) is -0.891. The molecule has 1 aromatic heterocycles. The number of H-pyrrole nitrogens is 1. The molecule has 0 fully saturated rings. The first-order chi connectivity index (χ1) is 9.73. The fourth-order valence-corrected chi connectivity index (χ4v) is 1.54. The molecule has 1 aromatic rings. The third-order valence-corrected chi connectivity index (χ3v) is 2.47. The molecule has 0 aromatic carbocycles. The summed E-state index contributed by atoms with van der Waals surface area (Å²) in [6.07, 6.45) is -5.00. The van der Waals surface area contributed by atoms with Gasteiger partial charge in [-0.15, -0.1) is 0 Å². The Kier molecular flexibility index (Phi) is 5.51. The molecule has 21 heavy (non-hydrogen) atoms. The van der Waals surface area contributed by atoms with E-state index in [1.54, 1.807) is 0 Å². The van der Waals surface area contributed by atoms with E-state index in [2.05, 4.69) is 9.72 Å². The zero-order valence-corrected chi connectivity index (χ0v) is 11.1. The van der Waals surface area contributed by atoms with Crippen molar-refractivity contribution in [2.75, 3.05) is 20.2 Å². The molecule has 1 N–H and O–H groups in total. The van der Waals surface area contributed by atoms with Crippen LogP contribution in [0.2, 0.25) is 0 Å². The number of pyridine rings is 1. The van der Waals surface area contributed by atoms with Gasteiger partial charge in [0.2, 0.25) is 5.56 Å². The van der Waals surface area contributed by atoms with Crippen molar-refractivity contribution >= 4 is 11.9 Å². The first-order valence-corrected chi connectivity index (χ1v) is 5.85. The van der Waals surface area contributed by atoms with Gasteiger partial charge in [0.05, 0.1) is 13.5 Å². The van der Waals surface area contributed by atoms with Crippen LogP contribution in [0.15, 0.2) is 23.0 Å². The Bertz CT molecular complexity index is 568. The zero-order valence-electron chi connectivity index (χ0n) is 11.1. The molecule has 9 heteroatoms. The summed E-state index contributed by atoms with van der Waals surface area (Å²) in [6, 6.07) is 3.56. The number of amides is 1. The minimum atomic E-state index is -4.62. The molecule has 0 saturated carbocycles. The Morgan fingerprint density at radius 3 is 2.52 bits per heavy atom. The van der Waals surface area contributed by atoms with E-state index in [1.807, 2.05) is 0 Å². The molecule has 0 aliphatic heterocycles. The minimum absolute atomic E-state index is 0.281. The van der Waals surface area contributed by atoms with E-state index in [0.29, 0.717) is 4.90 Å². The number of nitrogens with zero attached hydrogens (tertiary/aromatic N) is 1. The maximum Gasteiger partial charge on any atom is 0.406 e. The van der Waals surface area contributed by atoms with Crippen molar-refractivity contribution in [3.05, 3.63) is 34.2 Å². The summed E-state index contributed by atoms with van der Waals surface area (Å²) in [4.78, 5) is 36.6. The molecule has 1 amide bonds. The Labute approximate surface area is 117 Å². The van der Waals surface area contributed by atoms with E-state index in [9.17, 15) is 27.6 Å². The van der Waals surface area contributed by atoms with Gasteiger partial charge in [-0.3, -0.25) is 14.4 Å². The highest BCUT2D eigenvalue weighted by Gasteiger charge is 2.33. The van der Waals surface area contributed by atoms with Crippen LogP contribution in [0, 0.1) is 0 Å². The van der Waals surface area contributed by atoms with Crippen molar-refractivity contribution < 1.29 is 27.5 Å². The zero-order chi connectivity index (χ0) is 16.0.